The molecule has 0 radical (unpaired) electrons. The Morgan fingerprint density at radius 1 is 1.38 bits per heavy atom. The summed E-state index contributed by atoms with van der Waals surface area (Å²) in [6, 6.07) is 6.69. The number of carbonyl (C=O) groups is 1. The van der Waals surface area contributed by atoms with E-state index < -0.39 is 29.4 Å². The molecule has 112 valence electrons. The lowest BCUT2D eigenvalue weighted by atomic mass is 10.2. The van der Waals surface area contributed by atoms with Gasteiger partial charge in [0.25, 0.3) is 12.3 Å². The summed E-state index contributed by atoms with van der Waals surface area (Å²) in [5.74, 6) is -0.850. The van der Waals surface area contributed by atoms with Crippen LogP contribution < -0.4 is 4.72 Å². The summed E-state index contributed by atoms with van der Waals surface area (Å²) in [5, 5.41) is 3.53. The largest absolute Gasteiger partial charge is 0.588 e. The Morgan fingerprint density at radius 2 is 2.00 bits per heavy atom. The van der Waals surface area contributed by atoms with Gasteiger partial charge in [0.1, 0.15) is 17.1 Å². The molecule has 1 heterocycles. The average molecular weight is 313 g/mol. The zero-order valence-corrected chi connectivity index (χ0v) is 12.2. The number of nitrogens with one attached hydrogen (secondary N) is 1. The van der Waals surface area contributed by atoms with Crippen LogP contribution >= 0.6 is 0 Å². The molecule has 0 fully saturated rings. The van der Waals surface area contributed by atoms with E-state index in [0.29, 0.717) is 4.90 Å². The fraction of sp³-hybridized carbons (Fsp3) is 0.231. The van der Waals surface area contributed by atoms with E-state index in [2.05, 4.69) is 9.82 Å². The molecule has 8 heteroatoms. The van der Waals surface area contributed by atoms with Crippen LogP contribution in [0.15, 0.2) is 35.4 Å². The van der Waals surface area contributed by atoms with Crippen molar-refractivity contribution in [1.82, 2.24) is 14.5 Å². The van der Waals surface area contributed by atoms with Crippen LogP contribution in [0.4, 0.5) is 8.78 Å². The topological polar surface area (TPSA) is 70.0 Å². The summed E-state index contributed by atoms with van der Waals surface area (Å²) in [5.41, 5.74) is 0.0678. The van der Waals surface area contributed by atoms with E-state index in [9.17, 15) is 18.1 Å². The van der Waals surface area contributed by atoms with Crippen molar-refractivity contribution in [1.29, 1.82) is 0 Å². The van der Waals surface area contributed by atoms with Crippen LogP contribution in [0.5, 0.6) is 0 Å². The van der Waals surface area contributed by atoms with Crippen molar-refractivity contribution in [2.45, 2.75) is 18.2 Å². The van der Waals surface area contributed by atoms with Crippen molar-refractivity contribution in [3.8, 4) is 0 Å². The van der Waals surface area contributed by atoms with Crippen molar-refractivity contribution in [2.24, 2.45) is 7.05 Å². The molecule has 1 unspecified atom stereocenters. The maximum atomic E-state index is 12.8. The molecule has 1 aromatic heterocycles. The van der Waals surface area contributed by atoms with Crippen molar-refractivity contribution in [2.75, 3.05) is 0 Å². The Kier molecular flexibility index (Phi) is 4.59. The maximum Gasteiger partial charge on any atom is 0.296 e. The number of hydrogen-bond acceptors (Lipinski definition) is 3. The van der Waals surface area contributed by atoms with Crippen LogP contribution in [-0.4, -0.2) is 20.2 Å². The molecule has 0 saturated heterocycles. The minimum atomic E-state index is -2.88. The van der Waals surface area contributed by atoms with Crippen LogP contribution in [0.1, 0.15) is 28.0 Å². The van der Waals surface area contributed by atoms with E-state index in [1.54, 1.807) is 24.3 Å². The molecule has 0 spiro atoms. The van der Waals surface area contributed by atoms with Gasteiger partial charge in [0.15, 0.2) is 4.90 Å². The number of carbonyl (C=O) groups excluding carboxylic acids is 1. The normalized spacial score (nSPS) is 12.5. The molecule has 0 bridgehead atoms. The second kappa shape index (κ2) is 6.23. The lowest BCUT2D eigenvalue weighted by molar-refractivity contribution is 0.0966. The van der Waals surface area contributed by atoms with Gasteiger partial charge in [0.2, 0.25) is 0 Å². The highest BCUT2D eigenvalue weighted by molar-refractivity contribution is 7.90. The fourth-order valence-electron chi connectivity index (χ4n) is 1.70. The number of halogens is 2. The van der Waals surface area contributed by atoms with Crippen molar-refractivity contribution >= 4 is 17.3 Å². The number of amides is 1. The molecule has 2 aromatic rings. The third kappa shape index (κ3) is 3.59. The highest BCUT2D eigenvalue weighted by atomic mass is 32.2. The molecule has 1 atom stereocenters. The van der Waals surface area contributed by atoms with Gasteiger partial charge in [-0.3, -0.25) is 9.48 Å². The van der Waals surface area contributed by atoms with Gasteiger partial charge in [0, 0.05) is 13.2 Å². The standard InChI is InChI=1S/C13H13F2N3O2S/c1-8-3-5-9(6-4-8)21(20)17-13(19)10-7-18(2)16-11(10)12(14)15/h3-7,12H,1-2H3,(H,17,19). The number of hydrogen-bond donors (Lipinski definition) is 1. The van der Waals surface area contributed by atoms with Crippen LogP contribution in [0.25, 0.3) is 0 Å². The molecule has 1 amide bonds. The molecule has 0 aliphatic heterocycles. The SMILES string of the molecule is Cc1ccc([S+]([O-])NC(=O)c2cn(C)nc2C(F)F)cc1. The molecule has 1 N–H and O–H groups in total. The summed E-state index contributed by atoms with van der Waals surface area (Å²) in [7, 11) is 1.43. The van der Waals surface area contributed by atoms with Gasteiger partial charge in [-0.25, -0.2) is 8.78 Å². The second-order valence-corrected chi connectivity index (χ2v) is 5.63. The first kappa shape index (κ1) is 15.5. The Balaban J connectivity index is 2.16. The summed E-state index contributed by atoms with van der Waals surface area (Å²) in [4.78, 5) is 12.3. The number of nitrogens with zero attached hydrogens (tertiary/aromatic N) is 2. The monoisotopic (exact) mass is 313 g/mol. The Hall–Kier alpha value is -1.93. The Bertz CT molecular complexity index is 643. The van der Waals surface area contributed by atoms with Gasteiger partial charge in [-0.2, -0.15) is 9.82 Å². The molecule has 21 heavy (non-hydrogen) atoms. The van der Waals surface area contributed by atoms with Crippen molar-refractivity contribution in [3.05, 3.63) is 47.3 Å². The molecule has 0 saturated carbocycles. The Labute approximate surface area is 123 Å². The summed E-state index contributed by atoms with van der Waals surface area (Å²) in [6.45, 7) is 1.87. The molecule has 1 aromatic carbocycles. The zero-order chi connectivity index (χ0) is 15.6. The van der Waals surface area contributed by atoms with Gasteiger partial charge >= 0.3 is 0 Å². The first-order chi connectivity index (χ1) is 9.88. The van der Waals surface area contributed by atoms with Crippen molar-refractivity contribution in [3.63, 3.8) is 0 Å². The number of aryl methyl sites for hydroxylation is 2. The fourth-order valence-corrected chi connectivity index (χ4v) is 2.48. The smallest absolute Gasteiger partial charge is 0.296 e. The number of benzene rings is 1. The van der Waals surface area contributed by atoms with Crippen LogP contribution in [0, 0.1) is 6.92 Å². The molecular weight excluding hydrogens is 300 g/mol. The van der Waals surface area contributed by atoms with Crippen LogP contribution in [0.2, 0.25) is 0 Å². The quantitative estimate of drug-likeness (QED) is 0.879. The van der Waals surface area contributed by atoms with Gasteiger partial charge in [-0.05, 0) is 19.1 Å². The first-order valence-corrected chi connectivity index (χ1v) is 7.14. The zero-order valence-electron chi connectivity index (χ0n) is 11.3. The second-order valence-electron chi connectivity index (χ2n) is 4.42. The third-order valence-corrected chi connectivity index (χ3v) is 3.80. The van der Waals surface area contributed by atoms with E-state index in [-0.39, 0.29) is 5.56 Å². The van der Waals surface area contributed by atoms with Crippen molar-refractivity contribution < 1.29 is 18.1 Å². The summed E-state index contributed by atoms with van der Waals surface area (Å²) >= 11 is -1.82. The van der Waals surface area contributed by atoms with E-state index in [1.165, 1.54) is 13.2 Å². The summed E-state index contributed by atoms with van der Waals surface area (Å²) < 4.78 is 40.8. The summed E-state index contributed by atoms with van der Waals surface area (Å²) in [6.07, 6.45) is -1.71. The minimum Gasteiger partial charge on any atom is -0.588 e. The van der Waals surface area contributed by atoms with Crippen LogP contribution in [0.3, 0.4) is 0 Å². The van der Waals surface area contributed by atoms with E-state index in [4.69, 9.17) is 0 Å². The molecule has 5 nitrogen and oxygen atoms in total. The van der Waals surface area contributed by atoms with Gasteiger partial charge in [0.05, 0.1) is 5.56 Å². The predicted molar refractivity (Wildman–Crippen MR) is 73.2 cm³/mol. The average Bonchev–Trinajstić information content (AvgIpc) is 2.82. The number of alkyl halides is 2. The number of rotatable bonds is 4. The Morgan fingerprint density at radius 3 is 2.57 bits per heavy atom. The van der Waals surface area contributed by atoms with Crippen LogP contribution in [-0.2, 0) is 18.4 Å². The highest BCUT2D eigenvalue weighted by Gasteiger charge is 2.26. The van der Waals surface area contributed by atoms with E-state index >= 15 is 0 Å². The van der Waals surface area contributed by atoms with Gasteiger partial charge in [-0.1, -0.05) is 17.7 Å². The van der Waals surface area contributed by atoms with E-state index in [1.807, 2.05) is 6.92 Å². The molecular formula is C13H13F2N3O2S. The predicted octanol–water partition coefficient (Wildman–Crippen LogP) is 2.12. The minimum absolute atomic E-state index is 0.284. The molecule has 2 rings (SSSR count). The third-order valence-electron chi connectivity index (χ3n) is 2.73. The molecule has 0 aliphatic rings. The van der Waals surface area contributed by atoms with E-state index in [0.717, 1.165) is 10.2 Å². The van der Waals surface area contributed by atoms with Gasteiger partial charge in [-0.15, -0.1) is 0 Å². The first-order valence-electron chi connectivity index (χ1n) is 5.99. The lowest BCUT2D eigenvalue weighted by Gasteiger charge is -2.10. The highest BCUT2D eigenvalue weighted by Crippen LogP contribution is 2.21. The molecule has 0 aliphatic carbocycles. The maximum absolute atomic E-state index is 12.8. The number of aromatic nitrogens is 2. The van der Waals surface area contributed by atoms with Gasteiger partial charge < -0.3 is 4.55 Å². The lowest BCUT2D eigenvalue weighted by Crippen LogP contribution is -2.31.